The molecule has 0 saturated heterocycles. The van der Waals surface area contributed by atoms with E-state index in [1.165, 1.54) is 11.2 Å². The van der Waals surface area contributed by atoms with Gasteiger partial charge in [-0.1, -0.05) is 11.6 Å². The number of rotatable bonds is 4. The monoisotopic (exact) mass is 360 g/mol. The molecule has 8 heteroatoms. The predicted molar refractivity (Wildman–Crippen MR) is 97.1 cm³/mol. The largest absolute Gasteiger partial charge is 0.308 e. The second-order valence-corrected chi connectivity index (χ2v) is 7.66. The molecule has 2 heterocycles. The van der Waals surface area contributed by atoms with Gasteiger partial charge in [0.1, 0.15) is 6.33 Å². The third-order valence-electron chi connectivity index (χ3n) is 4.35. The molecule has 3 aromatic rings. The van der Waals surface area contributed by atoms with Gasteiger partial charge in [0.2, 0.25) is 0 Å². The number of aromatic nitrogens is 4. The van der Waals surface area contributed by atoms with Crippen molar-refractivity contribution in [2.75, 3.05) is 5.43 Å². The van der Waals surface area contributed by atoms with Crippen molar-refractivity contribution in [2.45, 2.75) is 35.4 Å². The number of nitrogens with one attached hydrogen (secondary N) is 1. The summed E-state index contributed by atoms with van der Waals surface area (Å²) in [5.41, 5.74) is 3.43. The predicted octanol–water partition coefficient (Wildman–Crippen LogP) is 3.65. The fourth-order valence-corrected chi connectivity index (χ4v) is 4.57. The molecule has 124 valence electrons. The standard InChI is InChI=1S/C16H17ClN6S/c17-10-1-4-12(5-2-10)24-13-6-3-11(7-13)23-16-14(8-21-23)15(22-18)19-9-20-16/h1-2,4-5,8-9,11,13H,3,6-7,18H2,(H,19,20,22). The van der Waals surface area contributed by atoms with Crippen molar-refractivity contribution in [3.8, 4) is 0 Å². The summed E-state index contributed by atoms with van der Waals surface area (Å²) in [5.74, 6) is 6.11. The van der Waals surface area contributed by atoms with E-state index >= 15 is 0 Å². The quantitative estimate of drug-likeness (QED) is 0.546. The Bertz CT molecular complexity index is 849. The van der Waals surface area contributed by atoms with Gasteiger partial charge in [0.25, 0.3) is 0 Å². The molecule has 2 atom stereocenters. The van der Waals surface area contributed by atoms with Gasteiger partial charge in [-0.25, -0.2) is 20.5 Å². The van der Waals surface area contributed by atoms with Gasteiger partial charge >= 0.3 is 0 Å². The number of nitrogens with two attached hydrogens (primary N) is 1. The van der Waals surface area contributed by atoms with Crippen molar-refractivity contribution in [1.82, 2.24) is 19.7 Å². The van der Waals surface area contributed by atoms with Crippen LogP contribution >= 0.6 is 23.4 Å². The molecule has 1 aliphatic rings. The number of nitrogen functional groups attached to an aromatic ring is 1. The second kappa shape index (κ2) is 6.58. The molecule has 1 aromatic carbocycles. The third kappa shape index (κ3) is 2.94. The van der Waals surface area contributed by atoms with Crippen LogP contribution < -0.4 is 11.3 Å². The number of hydrogen-bond acceptors (Lipinski definition) is 6. The van der Waals surface area contributed by atoms with E-state index in [0.29, 0.717) is 17.1 Å². The Kier molecular flexibility index (Phi) is 4.30. The molecule has 2 unspecified atom stereocenters. The molecule has 6 nitrogen and oxygen atoms in total. The van der Waals surface area contributed by atoms with Gasteiger partial charge in [-0.05, 0) is 43.5 Å². The van der Waals surface area contributed by atoms with Gasteiger partial charge in [-0.15, -0.1) is 11.8 Å². The van der Waals surface area contributed by atoms with E-state index in [4.69, 9.17) is 17.4 Å². The van der Waals surface area contributed by atoms with Crippen LogP contribution in [-0.2, 0) is 0 Å². The molecule has 2 aromatic heterocycles. The average Bonchev–Trinajstić information content (AvgIpc) is 3.23. The summed E-state index contributed by atoms with van der Waals surface area (Å²) in [6.45, 7) is 0. The van der Waals surface area contributed by atoms with Crippen molar-refractivity contribution in [3.63, 3.8) is 0 Å². The highest BCUT2D eigenvalue weighted by Gasteiger charge is 2.28. The van der Waals surface area contributed by atoms with Gasteiger partial charge in [-0.2, -0.15) is 5.10 Å². The molecule has 4 rings (SSSR count). The topological polar surface area (TPSA) is 81.7 Å². The summed E-state index contributed by atoms with van der Waals surface area (Å²) in [4.78, 5) is 9.77. The van der Waals surface area contributed by atoms with Crippen LogP contribution in [0.5, 0.6) is 0 Å². The van der Waals surface area contributed by atoms with Crippen molar-refractivity contribution in [3.05, 3.63) is 41.8 Å². The maximum Gasteiger partial charge on any atom is 0.163 e. The number of hydrazine groups is 1. The van der Waals surface area contributed by atoms with Gasteiger partial charge in [0.05, 0.1) is 17.6 Å². The summed E-state index contributed by atoms with van der Waals surface area (Å²) in [6, 6.07) is 8.39. The molecule has 0 amide bonds. The lowest BCUT2D eigenvalue weighted by Crippen LogP contribution is -2.11. The van der Waals surface area contributed by atoms with Crippen LogP contribution in [0.25, 0.3) is 11.0 Å². The van der Waals surface area contributed by atoms with Crippen molar-refractivity contribution >= 4 is 40.2 Å². The zero-order valence-corrected chi connectivity index (χ0v) is 14.5. The fraction of sp³-hybridized carbons (Fsp3) is 0.312. The molecule has 0 radical (unpaired) electrons. The number of thioether (sulfide) groups is 1. The van der Waals surface area contributed by atoms with Gasteiger partial charge in [0, 0.05) is 15.2 Å². The van der Waals surface area contributed by atoms with Crippen molar-refractivity contribution < 1.29 is 0 Å². The minimum Gasteiger partial charge on any atom is -0.308 e. The zero-order chi connectivity index (χ0) is 16.5. The number of fused-ring (bicyclic) bond motifs is 1. The van der Waals surface area contributed by atoms with E-state index in [-0.39, 0.29) is 0 Å². The SMILES string of the molecule is NNc1ncnc2c1cnn2C1CCC(Sc2ccc(Cl)cc2)C1. The first-order valence-corrected chi connectivity index (χ1v) is 9.07. The summed E-state index contributed by atoms with van der Waals surface area (Å²) in [7, 11) is 0. The van der Waals surface area contributed by atoms with Gasteiger partial charge in [0.15, 0.2) is 11.5 Å². The molecule has 0 spiro atoms. The summed E-state index contributed by atoms with van der Waals surface area (Å²) >= 11 is 7.86. The summed E-state index contributed by atoms with van der Waals surface area (Å²) < 4.78 is 2.01. The molecular weight excluding hydrogens is 344 g/mol. The molecule has 1 fully saturated rings. The summed E-state index contributed by atoms with van der Waals surface area (Å²) in [5, 5.41) is 6.73. The minimum atomic E-state index is 0.354. The number of nitrogens with zero attached hydrogens (tertiary/aromatic N) is 4. The van der Waals surface area contributed by atoms with Gasteiger partial charge < -0.3 is 5.43 Å². The van der Waals surface area contributed by atoms with Crippen LogP contribution in [0.1, 0.15) is 25.3 Å². The highest BCUT2D eigenvalue weighted by Crippen LogP contribution is 2.41. The molecule has 0 bridgehead atoms. The first-order valence-electron chi connectivity index (χ1n) is 7.81. The zero-order valence-electron chi connectivity index (χ0n) is 12.9. The van der Waals surface area contributed by atoms with Crippen LogP contribution in [0, 0.1) is 0 Å². The number of halogens is 1. The van der Waals surface area contributed by atoms with E-state index in [9.17, 15) is 0 Å². The molecular formula is C16H17ClN6S. The van der Waals surface area contributed by atoms with Crippen molar-refractivity contribution in [1.29, 1.82) is 0 Å². The van der Waals surface area contributed by atoms with Crippen LogP contribution in [0.2, 0.25) is 5.02 Å². The van der Waals surface area contributed by atoms with Gasteiger partial charge in [-0.3, -0.25) is 0 Å². The third-order valence-corrected chi connectivity index (χ3v) is 5.90. The van der Waals surface area contributed by atoms with Crippen LogP contribution in [0.3, 0.4) is 0 Å². The smallest absolute Gasteiger partial charge is 0.163 e. The number of hydrogen-bond donors (Lipinski definition) is 2. The van der Waals surface area contributed by atoms with E-state index < -0.39 is 0 Å². The second-order valence-electron chi connectivity index (χ2n) is 5.85. The number of anilines is 1. The molecule has 0 aliphatic heterocycles. The first-order chi connectivity index (χ1) is 11.7. The Morgan fingerprint density at radius 3 is 2.83 bits per heavy atom. The number of benzene rings is 1. The van der Waals surface area contributed by atoms with Crippen LogP contribution in [0.4, 0.5) is 5.82 Å². The van der Waals surface area contributed by atoms with Crippen LogP contribution in [-0.4, -0.2) is 25.0 Å². The van der Waals surface area contributed by atoms with Crippen molar-refractivity contribution in [2.24, 2.45) is 5.84 Å². The fourth-order valence-electron chi connectivity index (χ4n) is 3.20. The molecule has 24 heavy (non-hydrogen) atoms. The lowest BCUT2D eigenvalue weighted by atomic mass is 10.2. The van der Waals surface area contributed by atoms with E-state index in [1.807, 2.05) is 28.6 Å². The van der Waals surface area contributed by atoms with Crippen LogP contribution in [0.15, 0.2) is 41.7 Å². The Morgan fingerprint density at radius 2 is 2.04 bits per heavy atom. The maximum absolute atomic E-state index is 5.95. The molecule has 1 aliphatic carbocycles. The van der Waals surface area contributed by atoms with E-state index in [1.54, 1.807) is 6.20 Å². The average molecular weight is 361 g/mol. The Morgan fingerprint density at radius 1 is 1.21 bits per heavy atom. The highest BCUT2D eigenvalue weighted by molar-refractivity contribution is 8.00. The Hall–Kier alpha value is -1.83. The maximum atomic E-state index is 5.95. The van der Waals surface area contributed by atoms with E-state index in [2.05, 4.69) is 32.6 Å². The highest BCUT2D eigenvalue weighted by atomic mass is 35.5. The Labute approximate surface area is 148 Å². The molecule has 3 N–H and O–H groups in total. The Balaban J connectivity index is 1.51. The molecule has 1 saturated carbocycles. The lowest BCUT2D eigenvalue weighted by Gasteiger charge is -2.13. The minimum absolute atomic E-state index is 0.354. The first kappa shape index (κ1) is 15.7. The van der Waals surface area contributed by atoms with E-state index in [0.717, 1.165) is 35.3 Å². The normalized spacial score (nSPS) is 20.6. The summed E-state index contributed by atoms with van der Waals surface area (Å²) in [6.07, 6.45) is 6.62. The lowest BCUT2D eigenvalue weighted by molar-refractivity contribution is 0.479.